The Morgan fingerprint density at radius 3 is 2.56 bits per heavy atom. The number of carbonyl (C=O) groups is 1. The van der Waals surface area contributed by atoms with E-state index >= 15 is 0 Å². The molecule has 0 bridgehead atoms. The summed E-state index contributed by atoms with van der Waals surface area (Å²) in [5.74, 6) is -0.210. The molecule has 1 fully saturated rings. The molecule has 11 nitrogen and oxygen atoms in total. The summed E-state index contributed by atoms with van der Waals surface area (Å²) in [5.41, 5.74) is -0.926. The molecule has 3 aromatic rings. The van der Waals surface area contributed by atoms with E-state index in [0.29, 0.717) is 24.0 Å². The molecule has 39 heavy (non-hydrogen) atoms. The number of aromatic amines is 1. The van der Waals surface area contributed by atoms with Crippen molar-refractivity contribution in [3.05, 3.63) is 46.9 Å². The monoisotopic (exact) mass is 555 g/mol. The lowest BCUT2D eigenvalue weighted by Crippen LogP contribution is -2.47. The third-order valence-electron chi connectivity index (χ3n) is 6.62. The number of hydrogen-bond donors (Lipinski definition) is 2. The van der Waals surface area contributed by atoms with Crippen molar-refractivity contribution >= 4 is 38.2 Å². The predicted octanol–water partition coefficient (Wildman–Crippen LogP) is 3.78. The molecule has 0 radical (unpaired) electrons. The second-order valence-electron chi connectivity index (χ2n) is 11.0. The molecule has 2 atom stereocenters. The summed E-state index contributed by atoms with van der Waals surface area (Å²) in [4.78, 5) is 28.3. The Kier molecular flexibility index (Phi) is 7.60. The number of esters is 1. The number of nitrogens with one attached hydrogen (secondary N) is 2. The maximum atomic E-state index is 12.9. The number of aromatic nitrogens is 3. The summed E-state index contributed by atoms with van der Waals surface area (Å²) in [6.45, 7) is 8.61. The molecule has 1 aliphatic rings. The summed E-state index contributed by atoms with van der Waals surface area (Å²) < 4.78 is 38.0. The Bertz CT molecular complexity index is 1570. The van der Waals surface area contributed by atoms with E-state index in [4.69, 9.17) is 14.6 Å². The molecule has 4 rings (SSSR count). The molecule has 2 unspecified atom stereocenters. The summed E-state index contributed by atoms with van der Waals surface area (Å²) >= 11 is 0. The van der Waals surface area contributed by atoms with Crippen molar-refractivity contribution in [1.82, 2.24) is 14.8 Å². The van der Waals surface area contributed by atoms with E-state index < -0.39 is 38.3 Å². The van der Waals surface area contributed by atoms with Gasteiger partial charge in [-0.3, -0.25) is 9.48 Å². The first-order valence-corrected chi connectivity index (χ1v) is 14.3. The van der Waals surface area contributed by atoms with E-state index in [1.54, 1.807) is 57.5 Å². The number of fused-ring (bicyclic) bond motifs is 1. The van der Waals surface area contributed by atoms with Crippen LogP contribution in [0.5, 0.6) is 0 Å². The molecule has 1 saturated heterocycles. The van der Waals surface area contributed by atoms with Gasteiger partial charge in [-0.15, -0.1) is 0 Å². The zero-order valence-corrected chi connectivity index (χ0v) is 23.5. The van der Waals surface area contributed by atoms with Crippen LogP contribution < -0.4 is 10.9 Å². The minimum absolute atomic E-state index is 0.0231. The van der Waals surface area contributed by atoms with Crippen LogP contribution in [-0.4, -0.2) is 52.7 Å². The van der Waals surface area contributed by atoms with Crippen LogP contribution in [0.3, 0.4) is 0 Å². The fraction of sp³-hybridized carbons (Fsp3) is 0.481. The zero-order valence-electron chi connectivity index (χ0n) is 22.6. The third-order valence-corrected chi connectivity index (χ3v) is 8.79. The first kappa shape index (κ1) is 28.3. The Morgan fingerprint density at radius 1 is 1.31 bits per heavy atom. The van der Waals surface area contributed by atoms with Crippen LogP contribution in [0.25, 0.3) is 10.9 Å². The Balaban J connectivity index is 1.69. The number of ether oxygens (including phenoxy) is 2. The first-order valence-electron chi connectivity index (χ1n) is 12.7. The topological polar surface area (TPSA) is 156 Å². The van der Waals surface area contributed by atoms with E-state index in [1.165, 1.54) is 18.3 Å². The van der Waals surface area contributed by atoms with Crippen LogP contribution in [-0.2, 0) is 29.6 Å². The summed E-state index contributed by atoms with van der Waals surface area (Å²) in [5, 5.41) is 17.3. The lowest BCUT2D eigenvalue weighted by Gasteiger charge is -2.39. The standard InChI is InChI=1S/C27H33N5O6S/c1-17(2)39(35,36)19-8-6-18(7-9-19)30-23-22-20(11-15-29-24(22)33)32(31-23)27(13-14-28)12-10-21(37-16-27)25(34)38-26(3,4)5/h6-9,11,15,17,21H,10,12-13,16H2,1-5H3,(H,29,33)(H,30,31). The van der Waals surface area contributed by atoms with Crippen molar-refractivity contribution in [3.8, 4) is 6.07 Å². The van der Waals surface area contributed by atoms with Gasteiger partial charge in [-0.05, 0) is 77.8 Å². The second-order valence-corrected chi connectivity index (χ2v) is 13.5. The van der Waals surface area contributed by atoms with Crippen molar-refractivity contribution in [2.45, 2.75) is 81.3 Å². The lowest BCUT2D eigenvalue weighted by atomic mass is 9.87. The molecule has 3 heterocycles. The molecule has 2 aromatic heterocycles. The number of carbonyl (C=O) groups excluding carboxylic acids is 1. The van der Waals surface area contributed by atoms with Crippen LogP contribution in [0.1, 0.15) is 53.9 Å². The van der Waals surface area contributed by atoms with E-state index in [-0.39, 0.29) is 34.7 Å². The number of pyridine rings is 1. The van der Waals surface area contributed by atoms with Gasteiger partial charge >= 0.3 is 5.97 Å². The smallest absolute Gasteiger partial charge is 0.335 e. The fourth-order valence-electron chi connectivity index (χ4n) is 4.56. The first-order chi connectivity index (χ1) is 18.3. The molecule has 0 spiro atoms. The van der Waals surface area contributed by atoms with Crippen molar-refractivity contribution < 1.29 is 22.7 Å². The molecule has 208 valence electrons. The fourth-order valence-corrected chi connectivity index (χ4v) is 5.62. The highest BCUT2D eigenvalue weighted by molar-refractivity contribution is 7.92. The number of nitrogens with zero attached hydrogens (tertiary/aromatic N) is 3. The van der Waals surface area contributed by atoms with Crippen molar-refractivity contribution in [1.29, 1.82) is 5.26 Å². The van der Waals surface area contributed by atoms with Gasteiger partial charge in [-0.25, -0.2) is 13.2 Å². The molecule has 12 heteroatoms. The van der Waals surface area contributed by atoms with Crippen molar-refractivity contribution in [2.75, 3.05) is 11.9 Å². The number of H-pyrrole nitrogens is 1. The molecule has 0 aliphatic carbocycles. The van der Waals surface area contributed by atoms with Gasteiger partial charge in [0.1, 0.15) is 11.0 Å². The maximum absolute atomic E-state index is 12.9. The van der Waals surface area contributed by atoms with Crippen molar-refractivity contribution in [3.63, 3.8) is 0 Å². The molecule has 1 aliphatic heterocycles. The van der Waals surface area contributed by atoms with Gasteiger partial charge < -0.3 is 19.8 Å². The van der Waals surface area contributed by atoms with E-state index in [1.807, 2.05) is 0 Å². The number of anilines is 2. The average molecular weight is 556 g/mol. The highest BCUT2D eigenvalue weighted by atomic mass is 32.2. The lowest BCUT2D eigenvalue weighted by molar-refractivity contribution is -0.176. The molecular weight excluding hydrogens is 522 g/mol. The van der Waals surface area contributed by atoms with E-state index in [0.717, 1.165) is 0 Å². The molecule has 0 amide bonds. The van der Waals surface area contributed by atoms with Gasteiger partial charge in [0.15, 0.2) is 21.8 Å². The minimum Gasteiger partial charge on any atom is -0.458 e. The summed E-state index contributed by atoms with van der Waals surface area (Å²) in [7, 11) is -3.43. The van der Waals surface area contributed by atoms with Gasteiger partial charge in [-0.1, -0.05) is 0 Å². The van der Waals surface area contributed by atoms with Crippen LogP contribution in [0.15, 0.2) is 46.2 Å². The normalized spacial score (nSPS) is 20.1. The average Bonchev–Trinajstić information content (AvgIpc) is 3.24. The quantitative estimate of drug-likeness (QED) is 0.414. The second kappa shape index (κ2) is 10.5. The van der Waals surface area contributed by atoms with Gasteiger partial charge in [-0.2, -0.15) is 10.4 Å². The number of benzene rings is 1. The zero-order chi connectivity index (χ0) is 28.6. The Morgan fingerprint density at radius 2 is 2.00 bits per heavy atom. The Labute approximate surface area is 227 Å². The molecule has 2 N–H and O–H groups in total. The number of nitriles is 1. The minimum atomic E-state index is -3.43. The van der Waals surface area contributed by atoms with Crippen LogP contribution in [0.2, 0.25) is 0 Å². The maximum Gasteiger partial charge on any atom is 0.335 e. The van der Waals surface area contributed by atoms with Crippen LogP contribution in [0.4, 0.5) is 11.5 Å². The molecular formula is C27H33N5O6S. The number of hydrogen-bond acceptors (Lipinski definition) is 9. The highest BCUT2D eigenvalue weighted by Crippen LogP contribution is 2.37. The van der Waals surface area contributed by atoms with Gasteiger partial charge in [0, 0.05) is 11.9 Å². The van der Waals surface area contributed by atoms with Crippen LogP contribution in [0, 0.1) is 11.3 Å². The largest absolute Gasteiger partial charge is 0.458 e. The number of rotatable bonds is 7. The number of sulfone groups is 1. The summed E-state index contributed by atoms with van der Waals surface area (Å²) in [6, 6.07) is 10.1. The van der Waals surface area contributed by atoms with Gasteiger partial charge in [0.25, 0.3) is 5.56 Å². The molecule has 0 saturated carbocycles. The Hall–Kier alpha value is -3.69. The SMILES string of the molecule is CC(C)S(=O)(=O)c1ccc(Nc2nn(C3(CC#N)CCC(C(=O)OC(C)(C)C)OC3)c3cc[nH]c(=O)c23)cc1. The van der Waals surface area contributed by atoms with Gasteiger partial charge in [0.2, 0.25) is 0 Å². The predicted molar refractivity (Wildman–Crippen MR) is 145 cm³/mol. The van der Waals surface area contributed by atoms with Crippen molar-refractivity contribution in [2.24, 2.45) is 0 Å². The van der Waals surface area contributed by atoms with E-state index in [2.05, 4.69) is 16.4 Å². The van der Waals surface area contributed by atoms with E-state index in [9.17, 15) is 23.3 Å². The van der Waals surface area contributed by atoms with Gasteiger partial charge in [0.05, 0.1) is 40.3 Å². The van der Waals surface area contributed by atoms with Crippen LogP contribution >= 0.6 is 0 Å². The third kappa shape index (κ3) is 5.69. The highest BCUT2D eigenvalue weighted by Gasteiger charge is 2.43. The molecule has 1 aromatic carbocycles. The summed E-state index contributed by atoms with van der Waals surface area (Å²) in [6.07, 6.45) is 1.49.